The van der Waals surface area contributed by atoms with Crippen molar-refractivity contribution >= 4 is 10.9 Å². The molecule has 3 fully saturated rings. The van der Waals surface area contributed by atoms with Gasteiger partial charge in [0.15, 0.2) is 0 Å². The molecule has 1 unspecified atom stereocenters. The molecule has 2 bridgehead atoms. The van der Waals surface area contributed by atoms with Gasteiger partial charge in [-0.2, -0.15) is 0 Å². The molecule has 4 heterocycles. The first-order valence-electron chi connectivity index (χ1n) is 10.1. The summed E-state index contributed by atoms with van der Waals surface area (Å²) in [7, 11) is 0. The summed E-state index contributed by atoms with van der Waals surface area (Å²) in [5.41, 5.74) is 3.93. The van der Waals surface area contributed by atoms with E-state index in [-0.39, 0.29) is 0 Å². The van der Waals surface area contributed by atoms with Gasteiger partial charge in [0.1, 0.15) is 0 Å². The molecule has 0 N–H and O–H groups in total. The average molecular weight is 354 g/mol. The number of fused-ring (bicyclic) bond motifs is 4. The predicted molar refractivity (Wildman–Crippen MR) is 112 cm³/mol. The Morgan fingerprint density at radius 2 is 1.85 bits per heavy atom. The summed E-state index contributed by atoms with van der Waals surface area (Å²) in [4.78, 5) is 7.33. The minimum atomic E-state index is 0.382. The highest BCUT2D eigenvalue weighted by Crippen LogP contribution is 2.45. The third kappa shape index (κ3) is 2.89. The minimum absolute atomic E-state index is 0.382. The van der Waals surface area contributed by atoms with E-state index in [2.05, 4.69) is 83.2 Å². The fourth-order valence-corrected chi connectivity index (χ4v) is 5.38. The van der Waals surface area contributed by atoms with E-state index in [0.717, 1.165) is 18.0 Å². The third-order valence-corrected chi connectivity index (χ3v) is 6.72. The topological polar surface area (TPSA) is 16.1 Å². The number of piperidine rings is 3. The number of rotatable bonds is 4. The summed E-state index contributed by atoms with van der Waals surface area (Å²) in [5, 5.41) is 1.29. The van der Waals surface area contributed by atoms with Crippen molar-refractivity contribution in [1.82, 2.24) is 9.88 Å². The number of aromatic nitrogens is 1. The molecule has 1 aromatic heterocycles. The molecule has 0 spiro atoms. The lowest BCUT2D eigenvalue weighted by molar-refractivity contribution is 0.0121. The van der Waals surface area contributed by atoms with Crippen LogP contribution in [-0.2, 0) is 0 Å². The van der Waals surface area contributed by atoms with E-state index < -0.39 is 0 Å². The van der Waals surface area contributed by atoms with Gasteiger partial charge in [-0.15, -0.1) is 6.58 Å². The van der Waals surface area contributed by atoms with E-state index in [1.807, 2.05) is 6.20 Å². The summed E-state index contributed by atoms with van der Waals surface area (Å²) in [6.07, 6.45) is 6.74. The normalized spacial score (nSPS) is 28.1. The Morgan fingerprint density at radius 3 is 2.63 bits per heavy atom. The molecule has 2 nitrogen and oxygen atoms in total. The lowest BCUT2D eigenvalue weighted by Crippen LogP contribution is -2.55. The maximum absolute atomic E-state index is 4.61. The maximum Gasteiger partial charge on any atom is 0.0704 e. The SMILES string of the molecule is C=C[C@H]1CN2CC[C@H]1C[C@@H]2[C@H](c1ccccc1)c1ccnc2ccccc12. The number of hydrogen-bond acceptors (Lipinski definition) is 2. The van der Waals surface area contributed by atoms with Crippen LogP contribution in [0.15, 0.2) is 79.5 Å². The molecule has 2 heteroatoms. The van der Waals surface area contributed by atoms with Gasteiger partial charge in [-0.1, -0.05) is 54.6 Å². The number of benzene rings is 2. The van der Waals surface area contributed by atoms with Crippen LogP contribution in [0, 0.1) is 11.8 Å². The van der Waals surface area contributed by atoms with Crippen molar-refractivity contribution in [3.63, 3.8) is 0 Å². The molecule has 3 aliphatic rings. The summed E-state index contributed by atoms with van der Waals surface area (Å²) in [6, 6.07) is 22.4. The van der Waals surface area contributed by atoms with Crippen molar-refractivity contribution in [3.8, 4) is 0 Å². The van der Waals surface area contributed by atoms with Crippen molar-refractivity contribution < 1.29 is 0 Å². The number of nitrogens with zero attached hydrogens (tertiary/aromatic N) is 2. The number of hydrogen-bond donors (Lipinski definition) is 0. The lowest BCUT2D eigenvalue weighted by atomic mass is 9.69. The Balaban J connectivity index is 1.64. The molecular formula is C25H26N2. The largest absolute Gasteiger partial charge is 0.299 e. The highest BCUT2D eigenvalue weighted by molar-refractivity contribution is 5.83. The van der Waals surface area contributed by atoms with Gasteiger partial charge < -0.3 is 0 Å². The van der Waals surface area contributed by atoms with Crippen molar-refractivity contribution in [2.45, 2.75) is 24.8 Å². The zero-order chi connectivity index (χ0) is 18.2. The van der Waals surface area contributed by atoms with Crippen LogP contribution >= 0.6 is 0 Å². The van der Waals surface area contributed by atoms with Gasteiger partial charge in [-0.25, -0.2) is 0 Å². The smallest absolute Gasteiger partial charge is 0.0704 e. The van der Waals surface area contributed by atoms with Crippen molar-refractivity contribution in [2.75, 3.05) is 13.1 Å². The first-order valence-corrected chi connectivity index (χ1v) is 10.1. The van der Waals surface area contributed by atoms with Crippen molar-refractivity contribution in [2.24, 2.45) is 11.8 Å². The molecule has 6 rings (SSSR count). The summed E-state index contributed by atoms with van der Waals surface area (Å²) in [5.74, 6) is 1.81. The monoisotopic (exact) mass is 354 g/mol. The zero-order valence-corrected chi connectivity index (χ0v) is 15.7. The summed E-state index contributed by atoms with van der Waals surface area (Å²) < 4.78 is 0. The van der Waals surface area contributed by atoms with Gasteiger partial charge >= 0.3 is 0 Å². The zero-order valence-electron chi connectivity index (χ0n) is 15.7. The van der Waals surface area contributed by atoms with Gasteiger partial charge in [0.25, 0.3) is 0 Å². The van der Waals surface area contributed by atoms with Crippen LogP contribution in [0.5, 0.6) is 0 Å². The second-order valence-electron chi connectivity index (χ2n) is 8.05. The van der Waals surface area contributed by atoms with Crippen LogP contribution in [0.4, 0.5) is 0 Å². The second kappa shape index (κ2) is 6.94. The molecule has 0 aliphatic carbocycles. The fraction of sp³-hybridized carbons (Fsp3) is 0.320. The fourth-order valence-electron chi connectivity index (χ4n) is 5.38. The summed E-state index contributed by atoms with van der Waals surface area (Å²) >= 11 is 0. The molecular weight excluding hydrogens is 328 g/mol. The van der Waals surface area contributed by atoms with Crippen LogP contribution in [0.3, 0.4) is 0 Å². The van der Waals surface area contributed by atoms with Gasteiger partial charge in [0.2, 0.25) is 0 Å². The van der Waals surface area contributed by atoms with Gasteiger partial charge in [-0.3, -0.25) is 9.88 Å². The molecule has 5 atom stereocenters. The first kappa shape index (κ1) is 16.7. The van der Waals surface area contributed by atoms with E-state index in [0.29, 0.717) is 17.9 Å². The highest BCUT2D eigenvalue weighted by atomic mass is 15.2. The predicted octanol–water partition coefficient (Wildman–Crippen LogP) is 5.26. The molecule has 3 saturated heterocycles. The van der Waals surface area contributed by atoms with Gasteiger partial charge in [-0.05, 0) is 54.5 Å². The Morgan fingerprint density at radius 1 is 1.04 bits per heavy atom. The molecule has 3 aromatic rings. The van der Waals surface area contributed by atoms with Gasteiger partial charge in [0.05, 0.1) is 5.52 Å². The minimum Gasteiger partial charge on any atom is -0.299 e. The van der Waals surface area contributed by atoms with Crippen molar-refractivity contribution in [1.29, 1.82) is 0 Å². The Bertz CT molecular complexity index is 943. The molecule has 0 saturated carbocycles. The van der Waals surface area contributed by atoms with Crippen LogP contribution in [-0.4, -0.2) is 29.0 Å². The van der Waals surface area contributed by atoms with E-state index in [4.69, 9.17) is 0 Å². The quantitative estimate of drug-likeness (QED) is 0.594. The summed E-state index contributed by atoms with van der Waals surface area (Å²) in [6.45, 7) is 6.47. The number of para-hydroxylation sites is 1. The van der Waals surface area contributed by atoms with E-state index in [1.165, 1.54) is 35.9 Å². The average Bonchev–Trinajstić information content (AvgIpc) is 2.75. The van der Waals surface area contributed by atoms with Crippen LogP contribution in [0.1, 0.15) is 29.9 Å². The van der Waals surface area contributed by atoms with E-state index in [9.17, 15) is 0 Å². The molecule has 2 aromatic carbocycles. The molecule has 0 radical (unpaired) electrons. The molecule has 136 valence electrons. The molecule has 0 amide bonds. The third-order valence-electron chi connectivity index (χ3n) is 6.72. The van der Waals surface area contributed by atoms with Gasteiger partial charge in [0, 0.05) is 30.1 Å². The van der Waals surface area contributed by atoms with Crippen LogP contribution < -0.4 is 0 Å². The Labute approximate surface area is 161 Å². The lowest BCUT2D eigenvalue weighted by Gasteiger charge is -2.52. The first-order chi connectivity index (χ1) is 13.3. The highest BCUT2D eigenvalue weighted by Gasteiger charge is 2.43. The van der Waals surface area contributed by atoms with Crippen LogP contribution in [0.2, 0.25) is 0 Å². The molecule has 27 heavy (non-hydrogen) atoms. The Hall–Kier alpha value is -2.45. The molecule has 3 aliphatic heterocycles. The standard InChI is InChI=1S/C25H26N2/c1-2-18-17-27-15-13-20(18)16-24(27)25(19-8-4-3-5-9-19)22-12-14-26-23-11-7-6-10-21(22)23/h2-12,14,18,20,24-25H,1,13,15-17H2/t18-,20-,24+,25+/m0/s1. The van der Waals surface area contributed by atoms with E-state index in [1.54, 1.807) is 0 Å². The second-order valence-corrected chi connectivity index (χ2v) is 8.05. The maximum atomic E-state index is 4.61. The Kier molecular flexibility index (Phi) is 4.29. The van der Waals surface area contributed by atoms with Crippen LogP contribution in [0.25, 0.3) is 10.9 Å². The number of pyridine rings is 1. The van der Waals surface area contributed by atoms with E-state index >= 15 is 0 Å². The van der Waals surface area contributed by atoms with Crippen molar-refractivity contribution in [3.05, 3.63) is 90.6 Å².